The van der Waals surface area contributed by atoms with Gasteiger partial charge in [0.2, 0.25) is 0 Å². The van der Waals surface area contributed by atoms with Crippen LogP contribution in [-0.4, -0.2) is 45.5 Å². The van der Waals surface area contributed by atoms with Gasteiger partial charge in [0.25, 0.3) is 0 Å². The lowest BCUT2D eigenvalue weighted by molar-refractivity contribution is 0.0221. The van der Waals surface area contributed by atoms with E-state index in [2.05, 4.69) is 5.10 Å². The highest BCUT2D eigenvalue weighted by Crippen LogP contribution is 2.32. The fraction of sp³-hybridized carbons (Fsp3) is 0.688. The van der Waals surface area contributed by atoms with Gasteiger partial charge in [-0.15, -0.1) is 0 Å². The summed E-state index contributed by atoms with van der Waals surface area (Å²) in [7, 11) is 1.70. The second-order valence-electron chi connectivity index (χ2n) is 6.63. The molecule has 1 aromatic rings. The minimum Gasteiger partial charge on any atom is -0.461 e. The molecule has 0 aliphatic carbocycles. The van der Waals surface area contributed by atoms with Crippen LogP contribution in [0.2, 0.25) is 0 Å². The minimum absolute atomic E-state index is 0.167. The van der Waals surface area contributed by atoms with Crippen LogP contribution in [0.25, 0.3) is 0 Å². The molecule has 1 fully saturated rings. The molecule has 2 rings (SSSR count). The Hall–Kier alpha value is -2.05. The van der Waals surface area contributed by atoms with Crippen molar-refractivity contribution >= 4 is 12.1 Å². The zero-order valence-electron chi connectivity index (χ0n) is 14.5. The molecule has 0 spiro atoms. The zero-order valence-corrected chi connectivity index (χ0v) is 14.5. The van der Waals surface area contributed by atoms with Gasteiger partial charge in [0.15, 0.2) is 0 Å². The molecule has 0 radical (unpaired) electrons. The maximum Gasteiger partial charge on any atom is 0.410 e. The van der Waals surface area contributed by atoms with E-state index in [1.807, 2.05) is 20.8 Å². The summed E-state index contributed by atoms with van der Waals surface area (Å²) in [6.07, 6.45) is 1.34. The van der Waals surface area contributed by atoms with Crippen molar-refractivity contribution in [1.82, 2.24) is 14.7 Å². The molecule has 7 heteroatoms. The maximum atomic E-state index is 12.4. The summed E-state index contributed by atoms with van der Waals surface area (Å²) in [5.74, 6) is -0.407. The first-order valence-corrected chi connectivity index (χ1v) is 7.93. The Kier molecular flexibility index (Phi) is 4.97. The first-order chi connectivity index (χ1) is 10.7. The van der Waals surface area contributed by atoms with Gasteiger partial charge in [0.05, 0.1) is 18.3 Å². The number of ether oxygens (including phenoxy) is 2. The summed E-state index contributed by atoms with van der Waals surface area (Å²) in [5.41, 5.74) is 0.543. The average Bonchev–Trinajstić information content (AvgIpc) is 3.02. The van der Waals surface area contributed by atoms with Crippen molar-refractivity contribution < 1.29 is 19.1 Å². The molecule has 0 N–H and O–H groups in total. The number of carbonyl (C=O) groups is 2. The molecule has 0 saturated carbocycles. The minimum atomic E-state index is -0.537. The average molecular weight is 323 g/mol. The van der Waals surface area contributed by atoms with Crippen molar-refractivity contribution in [2.45, 2.75) is 52.2 Å². The third-order valence-corrected chi connectivity index (χ3v) is 3.61. The van der Waals surface area contributed by atoms with E-state index >= 15 is 0 Å². The van der Waals surface area contributed by atoms with Gasteiger partial charge in [-0.2, -0.15) is 5.10 Å². The first-order valence-electron chi connectivity index (χ1n) is 7.93. The van der Waals surface area contributed by atoms with Crippen molar-refractivity contribution in [3.05, 3.63) is 17.5 Å². The monoisotopic (exact) mass is 323 g/mol. The highest BCUT2D eigenvalue weighted by molar-refractivity contribution is 5.87. The van der Waals surface area contributed by atoms with Gasteiger partial charge in [0, 0.05) is 13.6 Å². The summed E-state index contributed by atoms with van der Waals surface area (Å²) in [6.45, 7) is 8.23. The molecule has 1 aliphatic heterocycles. The van der Waals surface area contributed by atoms with Gasteiger partial charge in [-0.25, -0.2) is 9.59 Å². The van der Waals surface area contributed by atoms with Crippen LogP contribution >= 0.6 is 0 Å². The van der Waals surface area contributed by atoms with Gasteiger partial charge >= 0.3 is 12.1 Å². The van der Waals surface area contributed by atoms with Gasteiger partial charge < -0.3 is 9.47 Å². The van der Waals surface area contributed by atoms with Crippen LogP contribution in [0.15, 0.2) is 6.07 Å². The van der Waals surface area contributed by atoms with Crippen molar-refractivity contribution in [3.8, 4) is 0 Å². The molecule has 1 aromatic heterocycles. The predicted octanol–water partition coefficient (Wildman–Crippen LogP) is 2.67. The van der Waals surface area contributed by atoms with Crippen LogP contribution < -0.4 is 0 Å². The van der Waals surface area contributed by atoms with E-state index in [1.165, 1.54) is 4.68 Å². The Morgan fingerprint density at radius 3 is 2.70 bits per heavy atom. The fourth-order valence-electron chi connectivity index (χ4n) is 2.66. The summed E-state index contributed by atoms with van der Waals surface area (Å²) in [6, 6.07) is 1.53. The van der Waals surface area contributed by atoms with Crippen LogP contribution in [0.4, 0.5) is 4.79 Å². The molecule has 2 heterocycles. The SMILES string of the molecule is CCOC(=O)c1cc(C2CCCN2C(=O)OC(C)(C)C)nn1C. The van der Waals surface area contributed by atoms with Gasteiger partial charge in [-0.05, 0) is 46.6 Å². The highest BCUT2D eigenvalue weighted by Gasteiger charge is 2.35. The third kappa shape index (κ3) is 4.03. The number of rotatable bonds is 3. The van der Waals surface area contributed by atoms with Crippen molar-refractivity contribution in [2.24, 2.45) is 7.05 Å². The molecule has 1 saturated heterocycles. The number of aryl methyl sites for hydroxylation is 1. The smallest absolute Gasteiger partial charge is 0.410 e. The lowest BCUT2D eigenvalue weighted by Crippen LogP contribution is -2.36. The summed E-state index contributed by atoms with van der Waals surface area (Å²) < 4.78 is 12.0. The molecular formula is C16H25N3O4. The van der Waals surface area contributed by atoms with E-state index in [-0.39, 0.29) is 12.1 Å². The van der Waals surface area contributed by atoms with Crippen molar-refractivity contribution in [2.75, 3.05) is 13.2 Å². The lowest BCUT2D eigenvalue weighted by Gasteiger charge is -2.27. The molecule has 1 unspecified atom stereocenters. The Balaban J connectivity index is 2.19. The Bertz CT molecular complexity index is 589. The number of nitrogens with zero attached hydrogens (tertiary/aromatic N) is 3. The molecule has 1 amide bonds. The van der Waals surface area contributed by atoms with Crippen LogP contribution in [0.5, 0.6) is 0 Å². The number of esters is 1. The van der Waals surface area contributed by atoms with Crippen LogP contribution in [-0.2, 0) is 16.5 Å². The number of likely N-dealkylation sites (tertiary alicyclic amines) is 1. The molecule has 1 aliphatic rings. The van der Waals surface area contributed by atoms with Gasteiger partial charge in [-0.3, -0.25) is 9.58 Å². The van der Waals surface area contributed by atoms with Gasteiger partial charge in [0.1, 0.15) is 11.3 Å². The number of hydrogen-bond donors (Lipinski definition) is 0. The van der Waals surface area contributed by atoms with E-state index in [0.717, 1.165) is 12.8 Å². The molecular weight excluding hydrogens is 298 g/mol. The second kappa shape index (κ2) is 6.60. The van der Waals surface area contributed by atoms with Crippen LogP contribution in [0.1, 0.15) is 62.8 Å². The van der Waals surface area contributed by atoms with Crippen LogP contribution in [0, 0.1) is 0 Å². The topological polar surface area (TPSA) is 73.7 Å². The quantitative estimate of drug-likeness (QED) is 0.800. The van der Waals surface area contributed by atoms with Crippen LogP contribution in [0.3, 0.4) is 0 Å². The van der Waals surface area contributed by atoms with Gasteiger partial charge in [-0.1, -0.05) is 0 Å². The summed E-state index contributed by atoms with van der Waals surface area (Å²) >= 11 is 0. The van der Waals surface area contributed by atoms with E-state index in [1.54, 1.807) is 24.9 Å². The molecule has 7 nitrogen and oxygen atoms in total. The third-order valence-electron chi connectivity index (χ3n) is 3.61. The molecule has 0 aromatic carbocycles. The van der Waals surface area contributed by atoms with E-state index in [9.17, 15) is 9.59 Å². The van der Waals surface area contributed by atoms with E-state index in [0.29, 0.717) is 24.5 Å². The van der Waals surface area contributed by atoms with Crippen molar-refractivity contribution in [1.29, 1.82) is 0 Å². The molecule has 1 atom stereocenters. The summed E-state index contributed by atoms with van der Waals surface area (Å²) in [4.78, 5) is 25.9. The summed E-state index contributed by atoms with van der Waals surface area (Å²) in [5, 5.41) is 4.39. The molecule has 0 bridgehead atoms. The number of aromatic nitrogens is 2. The number of hydrogen-bond acceptors (Lipinski definition) is 5. The molecule has 128 valence electrons. The fourth-order valence-corrected chi connectivity index (χ4v) is 2.66. The normalized spacial score (nSPS) is 18.1. The predicted molar refractivity (Wildman–Crippen MR) is 84.1 cm³/mol. The highest BCUT2D eigenvalue weighted by atomic mass is 16.6. The molecule has 23 heavy (non-hydrogen) atoms. The zero-order chi connectivity index (χ0) is 17.2. The number of carbonyl (C=O) groups excluding carboxylic acids is 2. The Labute approximate surface area is 136 Å². The van der Waals surface area contributed by atoms with E-state index < -0.39 is 11.6 Å². The first kappa shape index (κ1) is 17.3. The number of amides is 1. The Morgan fingerprint density at radius 1 is 1.39 bits per heavy atom. The van der Waals surface area contributed by atoms with E-state index in [4.69, 9.17) is 9.47 Å². The largest absolute Gasteiger partial charge is 0.461 e. The standard InChI is InChI=1S/C16H25N3O4/c1-6-22-14(20)13-10-11(17-18(13)5)12-8-7-9-19(12)15(21)23-16(2,3)4/h10,12H,6-9H2,1-5H3. The van der Waals surface area contributed by atoms with Crippen molar-refractivity contribution in [3.63, 3.8) is 0 Å². The Morgan fingerprint density at radius 2 is 2.09 bits per heavy atom. The second-order valence-corrected chi connectivity index (χ2v) is 6.63. The lowest BCUT2D eigenvalue weighted by atomic mass is 10.1. The maximum absolute atomic E-state index is 12.4.